The van der Waals surface area contributed by atoms with E-state index < -0.39 is 0 Å². The van der Waals surface area contributed by atoms with Crippen LogP contribution in [0.2, 0.25) is 0 Å². The van der Waals surface area contributed by atoms with E-state index in [0.29, 0.717) is 47.2 Å². The maximum atomic E-state index is 13.2. The van der Waals surface area contributed by atoms with Gasteiger partial charge in [-0.25, -0.2) is 4.99 Å². The van der Waals surface area contributed by atoms with Crippen molar-refractivity contribution >= 4 is 34.6 Å². The Morgan fingerprint density at radius 3 is 2.35 bits per heavy atom. The van der Waals surface area contributed by atoms with Gasteiger partial charge in [0, 0.05) is 6.54 Å². The fraction of sp³-hybridized carbons (Fsp3) is 0.360. The van der Waals surface area contributed by atoms with E-state index in [1.807, 2.05) is 69.3 Å². The van der Waals surface area contributed by atoms with Gasteiger partial charge in [-0.3, -0.25) is 9.69 Å². The highest BCUT2D eigenvalue weighted by molar-refractivity contribution is 8.18. The van der Waals surface area contributed by atoms with E-state index >= 15 is 0 Å². The Morgan fingerprint density at radius 2 is 1.71 bits per heavy atom. The molecule has 1 amide bonds. The number of benzene rings is 2. The molecule has 1 heterocycles. The SMILES string of the molecule is CCOc1ccc(/C=C2/SC(=Nc3ccc(C)cc3)N(CC(C)C)C2=O)cc1OCC. The number of carbonyl (C=O) groups is 1. The Morgan fingerprint density at radius 1 is 1.03 bits per heavy atom. The van der Waals surface area contributed by atoms with E-state index in [1.54, 1.807) is 4.90 Å². The van der Waals surface area contributed by atoms with Gasteiger partial charge in [0.2, 0.25) is 0 Å². The number of ether oxygens (including phenoxy) is 2. The van der Waals surface area contributed by atoms with Crippen molar-refractivity contribution in [2.45, 2.75) is 34.6 Å². The molecule has 0 radical (unpaired) electrons. The molecule has 0 aliphatic carbocycles. The van der Waals surface area contributed by atoms with Crippen LogP contribution in [0.15, 0.2) is 52.4 Å². The van der Waals surface area contributed by atoms with E-state index in [2.05, 4.69) is 13.8 Å². The van der Waals surface area contributed by atoms with Crippen LogP contribution in [0.4, 0.5) is 5.69 Å². The van der Waals surface area contributed by atoms with Gasteiger partial charge in [-0.15, -0.1) is 0 Å². The molecular weight excluding hydrogens is 408 g/mol. The van der Waals surface area contributed by atoms with E-state index in [9.17, 15) is 4.79 Å². The van der Waals surface area contributed by atoms with Crippen LogP contribution < -0.4 is 9.47 Å². The summed E-state index contributed by atoms with van der Waals surface area (Å²) in [6.45, 7) is 11.9. The molecule has 31 heavy (non-hydrogen) atoms. The smallest absolute Gasteiger partial charge is 0.266 e. The molecule has 1 fully saturated rings. The molecule has 164 valence electrons. The third-order valence-corrected chi connectivity index (χ3v) is 5.57. The molecule has 5 nitrogen and oxygen atoms in total. The van der Waals surface area contributed by atoms with Gasteiger partial charge in [-0.05, 0) is 74.4 Å². The summed E-state index contributed by atoms with van der Waals surface area (Å²) in [5, 5.41) is 0.713. The second kappa shape index (κ2) is 10.5. The lowest BCUT2D eigenvalue weighted by molar-refractivity contribution is -0.122. The molecule has 0 unspecified atom stereocenters. The summed E-state index contributed by atoms with van der Waals surface area (Å²) in [6, 6.07) is 13.7. The van der Waals surface area contributed by atoms with Gasteiger partial charge < -0.3 is 9.47 Å². The minimum atomic E-state index is -0.0172. The van der Waals surface area contributed by atoms with Gasteiger partial charge in [0.15, 0.2) is 16.7 Å². The van der Waals surface area contributed by atoms with Crippen molar-refractivity contribution in [3.63, 3.8) is 0 Å². The van der Waals surface area contributed by atoms with Crippen LogP contribution in [0, 0.1) is 12.8 Å². The van der Waals surface area contributed by atoms with Gasteiger partial charge in [-0.2, -0.15) is 0 Å². The number of thioether (sulfide) groups is 1. The van der Waals surface area contributed by atoms with E-state index in [-0.39, 0.29) is 5.91 Å². The number of hydrogen-bond acceptors (Lipinski definition) is 5. The predicted octanol–water partition coefficient (Wildman–Crippen LogP) is 6.05. The second-order valence-electron chi connectivity index (χ2n) is 7.72. The number of nitrogens with zero attached hydrogens (tertiary/aromatic N) is 2. The molecule has 1 aliphatic rings. The summed E-state index contributed by atoms with van der Waals surface area (Å²) in [5.74, 6) is 1.71. The highest BCUT2D eigenvalue weighted by atomic mass is 32.2. The Kier molecular flexibility index (Phi) is 7.80. The van der Waals surface area contributed by atoms with Crippen LogP contribution in [0.25, 0.3) is 6.08 Å². The van der Waals surface area contributed by atoms with E-state index in [1.165, 1.54) is 17.3 Å². The zero-order valence-electron chi connectivity index (χ0n) is 18.8. The monoisotopic (exact) mass is 438 g/mol. The van der Waals surface area contributed by atoms with Crippen molar-refractivity contribution in [2.75, 3.05) is 19.8 Å². The Bertz CT molecular complexity index is 981. The summed E-state index contributed by atoms with van der Waals surface area (Å²) in [4.78, 5) is 20.4. The molecule has 2 aromatic carbocycles. The van der Waals surface area contributed by atoms with Crippen molar-refractivity contribution in [1.82, 2.24) is 4.90 Å². The van der Waals surface area contributed by atoms with Crippen LogP contribution in [0.1, 0.15) is 38.8 Å². The number of hydrogen-bond donors (Lipinski definition) is 0. The molecule has 0 N–H and O–H groups in total. The predicted molar refractivity (Wildman–Crippen MR) is 129 cm³/mol. The molecule has 0 bridgehead atoms. The topological polar surface area (TPSA) is 51.1 Å². The quantitative estimate of drug-likeness (QED) is 0.471. The zero-order valence-corrected chi connectivity index (χ0v) is 19.7. The molecule has 6 heteroatoms. The molecular formula is C25H30N2O3S. The van der Waals surface area contributed by atoms with Crippen LogP contribution in [0.3, 0.4) is 0 Å². The molecule has 3 rings (SSSR count). The van der Waals surface area contributed by atoms with Gasteiger partial charge in [-0.1, -0.05) is 37.6 Å². The van der Waals surface area contributed by atoms with Gasteiger partial charge in [0.1, 0.15) is 0 Å². The third-order valence-electron chi connectivity index (χ3n) is 4.56. The molecule has 0 atom stereocenters. The van der Waals surface area contributed by atoms with Crippen molar-refractivity contribution in [3.8, 4) is 11.5 Å². The number of aliphatic imine (C=N–C) groups is 1. The molecule has 0 saturated carbocycles. The highest BCUT2D eigenvalue weighted by Crippen LogP contribution is 2.36. The minimum absolute atomic E-state index is 0.0172. The Balaban J connectivity index is 1.94. The lowest BCUT2D eigenvalue weighted by Gasteiger charge is -2.17. The van der Waals surface area contributed by atoms with E-state index in [0.717, 1.165) is 11.3 Å². The summed E-state index contributed by atoms with van der Waals surface area (Å²) in [5.41, 5.74) is 2.92. The average Bonchev–Trinajstić information content (AvgIpc) is 3.00. The fourth-order valence-corrected chi connectivity index (χ4v) is 4.16. The summed E-state index contributed by atoms with van der Waals surface area (Å²) in [6.07, 6.45) is 1.90. The molecule has 1 saturated heterocycles. The normalized spacial score (nSPS) is 16.6. The van der Waals surface area contributed by atoms with Crippen LogP contribution >= 0.6 is 11.8 Å². The van der Waals surface area contributed by atoms with Crippen molar-refractivity contribution < 1.29 is 14.3 Å². The average molecular weight is 439 g/mol. The van der Waals surface area contributed by atoms with Crippen LogP contribution in [-0.2, 0) is 4.79 Å². The number of amidine groups is 1. The molecule has 0 aromatic heterocycles. The molecule has 0 spiro atoms. The number of aryl methyl sites for hydroxylation is 1. The largest absolute Gasteiger partial charge is 0.490 e. The maximum absolute atomic E-state index is 13.2. The summed E-state index contributed by atoms with van der Waals surface area (Å²) in [7, 11) is 0. The zero-order chi connectivity index (χ0) is 22.4. The highest BCUT2D eigenvalue weighted by Gasteiger charge is 2.33. The van der Waals surface area contributed by atoms with Crippen LogP contribution in [0.5, 0.6) is 11.5 Å². The van der Waals surface area contributed by atoms with Gasteiger partial charge >= 0.3 is 0 Å². The van der Waals surface area contributed by atoms with Gasteiger partial charge in [0.25, 0.3) is 5.91 Å². The lowest BCUT2D eigenvalue weighted by Crippen LogP contribution is -2.32. The molecule has 2 aromatic rings. The number of amides is 1. The fourth-order valence-electron chi connectivity index (χ4n) is 3.16. The number of rotatable bonds is 8. The van der Waals surface area contributed by atoms with E-state index in [4.69, 9.17) is 14.5 Å². The Labute approximate surface area is 189 Å². The summed E-state index contributed by atoms with van der Waals surface area (Å²) >= 11 is 1.41. The first-order chi connectivity index (χ1) is 14.9. The first kappa shape index (κ1) is 22.9. The van der Waals surface area contributed by atoms with Crippen molar-refractivity contribution in [1.29, 1.82) is 0 Å². The Hall–Kier alpha value is -2.73. The third kappa shape index (κ3) is 5.91. The molecule has 1 aliphatic heterocycles. The standard InChI is InChI=1S/C25H30N2O3S/c1-6-29-21-13-10-19(14-22(21)30-7-2)15-23-24(28)27(16-17(3)4)25(31-23)26-20-11-8-18(5)9-12-20/h8-15,17H,6-7,16H2,1-5H3/b23-15+,26-25?. The van der Waals surface area contributed by atoms with Crippen LogP contribution in [-0.4, -0.2) is 35.7 Å². The lowest BCUT2D eigenvalue weighted by atomic mass is 10.1. The minimum Gasteiger partial charge on any atom is -0.490 e. The first-order valence-electron chi connectivity index (χ1n) is 10.7. The first-order valence-corrected chi connectivity index (χ1v) is 11.5. The number of carbonyl (C=O) groups excluding carboxylic acids is 1. The van der Waals surface area contributed by atoms with Crippen molar-refractivity contribution in [2.24, 2.45) is 10.9 Å². The maximum Gasteiger partial charge on any atom is 0.266 e. The summed E-state index contributed by atoms with van der Waals surface area (Å²) < 4.78 is 11.4. The van der Waals surface area contributed by atoms with Crippen molar-refractivity contribution in [3.05, 3.63) is 58.5 Å². The second-order valence-corrected chi connectivity index (χ2v) is 8.73. The van der Waals surface area contributed by atoms with Gasteiger partial charge in [0.05, 0.1) is 23.8 Å².